The molecule has 0 fully saturated rings. The number of fused-ring (bicyclic) bond motifs is 4. The van der Waals surface area contributed by atoms with E-state index in [0.717, 1.165) is 0 Å². The number of hydrogen-bond acceptors (Lipinski definition) is 0. The first-order valence-electron chi connectivity index (χ1n) is 5.63. The Balaban J connectivity index is 2.07. The molecule has 0 unspecified atom stereocenters. The largest absolute Gasteiger partial charge is 0.0651 e. The van der Waals surface area contributed by atoms with Gasteiger partial charge in [-0.25, -0.2) is 0 Å². The van der Waals surface area contributed by atoms with Crippen LogP contribution in [0.25, 0.3) is 22.3 Å². The lowest BCUT2D eigenvalue weighted by molar-refractivity contribution is 0.922. The van der Waals surface area contributed by atoms with Crippen molar-refractivity contribution in [2.24, 2.45) is 0 Å². The van der Waals surface area contributed by atoms with Crippen molar-refractivity contribution in [2.45, 2.75) is 19.8 Å². The van der Waals surface area contributed by atoms with Gasteiger partial charge in [0.05, 0.1) is 0 Å². The van der Waals surface area contributed by atoms with Gasteiger partial charge in [0, 0.05) is 0 Å². The van der Waals surface area contributed by atoms with Gasteiger partial charge in [-0.2, -0.15) is 0 Å². The van der Waals surface area contributed by atoms with E-state index in [9.17, 15) is 0 Å². The van der Waals surface area contributed by atoms with Crippen LogP contribution in [-0.4, -0.2) is 0 Å². The molecular weight excluding hydrogens is 180 g/mol. The van der Waals surface area contributed by atoms with E-state index in [1.165, 1.54) is 40.7 Å². The molecular formula is C15H14. The summed E-state index contributed by atoms with van der Waals surface area (Å²) in [6.45, 7) is 2.23. The Morgan fingerprint density at radius 3 is 2.20 bits per heavy atom. The van der Waals surface area contributed by atoms with Gasteiger partial charge >= 0.3 is 0 Å². The third-order valence-electron chi connectivity index (χ3n) is 3.13. The molecule has 74 valence electrons. The molecule has 0 aromatic heterocycles. The zero-order valence-corrected chi connectivity index (χ0v) is 8.96. The molecule has 0 saturated heterocycles. The van der Waals surface area contributed by atoms with Gasteiger partial charge in [-0.05, 0) is 34.2 Å². The maximum absolute atomic E-state index is 2.35. The highest BCUT2D eigenvalue weighted by Gasteiger charge is 2.20. The molecule has 0 aliphatic heterocycles. The van der Waals surface area contributed by atoms with Crippen molar-refractivity contribution in [3.05, 3.63) is 48.0 Å². The summed E-state index contributed by atoms with van der Waals surface area (Å²) in [5.74, 6) is 0. The van der Waals surface area contributed by atoms with E-state index in [-0.39, 0.29) is 0 Å². The van der Waals surface area contributed by atoms with Crippen LogP contribution in [0.5, 0.6) is 0 Å². The Labute approximate surface area is 90.6 Å². The normalized spacial score (nSPS) is 11.5. The summed E-state index contributed by atoms with van der Waals surface area (Å²) < 4.78 is 0. The highest BCUT2D eigenvalue weighted by atomic mass is 14.2. The zero-order valence-electron chi connectivity index (χ0n) is 8.96. The minimum absolute atomic E-state index is 1.19. The van der Waals surface area contributed by atoms with Crippen molar-refractivity contribution in [1.82, 2.24) is 0 Å². The zero-order chi connectivity index (χ0) is 10.3. The molecule has 0 heteroatoms. The van der Waals surface area contributed by atoms with Crippen molar-refractivity contribution in [3.8, 4) is 22.3 Å². The first kappa shape index (κ1) is 8.72. The number of aryl methyl sites for hydroxylation is 1. The summed E-state index contributed by atoms with van der Waals surface area (Å²) in [6, 6.07) is 15.5. The van der Waals surface area contributed by atoms with Crippen molar-refractivity contribution >= 4 is 0 Å². The van der Waals surface area contributed by atoms with Gasteiger partial charge < -0.3 is 0 Å². The summed E-state index contributed by atoms with van der Waals surface area (Å²) in [5, 5.41) is 0. The molecule has 1 aliphatic rings. The highest BCUT2D eigenvalue weighted by Crippen LogP contribution is 2.46. The maximum atomic E-state index is 2.35. The quantitative estimate of drug-likeness (QED) is 0.571. The van der Waals surface area contributed by atoms with Crippen LogP contribution < -0.4 is 0 Å². The van der Waals surface area contributed by atoms with Crippen LogP contribution in [0.2, 0.25) is 0 Å². The molecule has 0 N–H and O–H groups in total. The third kappa shape index (κ3) is 1.21. The minimum Gasteiger partial charge on any atom is -0.0651 e. The second-order valence-corrected chi connectivity index (χ2v) is 4.18. The summed E-state index contributed by atoms with van der Waals surface area (Å²) >= 11 is 0. The van der Waals surface area contributed by atoms with Gasteiger partial charge in [0.2, 0.25) is 0 Å². The second kappa shape index (κ2) is 3.23. The van der Waals surface area contributed by atoms with E-state index in [1.54, 1.807) is 0 Å². The number of benzene rings is 2. The van der Waals surface area contributed by atoms with E-state index < -0.39 is 0 Å². The van der Waals surface area contributed by atoms with E-state index in [2.05, 4.69) is 49.4 Å². The smallest absolute Gasteiger partial charge is 0.00962 e. The van der Waals surface area contributed by atoms with E-state index in [0.29, 0.717) is 0 Å². The molecule has 2 aromatic rings. The lowest BCUT2D eigenvalue weighted by Gasteiger charge is -2.24. The fraction of sp³-hybridized carbons (Fsp3) is 0.200. The van der Waals surface area contributed by atoms with E-state index in [1.807, 2.05) is 0 Å². The molecule has 0 radical (unpaired) electrons. The first-order valence-corrected chi connectivity index (χ1v) is 5.63. The average Bonchev–Trinajstić information content (AvgIpc) is 2.27. The molecule has 0 spiro atoms. The Bertz CT molecular complexity index is 509. The van der Waals surface area contributed by atoms with Crippen LogP contribution in [0, 0.1) is 0 Å². The second-order valence-electron chi connectivity index (χ2n) is 4.18. The monoisotopic (exact) mass is 194 g/mol. The van der Waals surface area contributed by atoms with Crippen LogP contribution in [-0.2, 0) is 6.42 Å². The predicted octanol–water partition coefficient (Wildman–Crippen LogP) is 4.29. The highest BCUT2D eigenvalue weighted by molar-refractivity contribution is 6.02. The standard InChI is InChI=1S/C15H14/c1-2-5-11-8-9-14-12-6-3-4-7-13(12)15(14)10-11/h3-4,6-10H,2,5H2,1H3. The molecule has 0 saturated carbocycles. The molecule has 0 nitrogen and oxygen atoms in total. The molecule has 15 heavy (non-hydrogen) atoms. The predicted molar refractivity (Wildman–Crippen MR) is 64.9 cm³/mol. The van der Waals surface area contributed by atoms with Crippen molar-refractivity contribution in [2.75, 3.05) is 0 Å². The Hall–Kier alpha value is -1.56. The van der Waals surface area contributed by atoms with Crippen LogP contribution in [0.4, 0.5) is 0 Å². The lowest BCUT2D eigenvalue weighted by Crippen LogP contribution is -1.99. The van der Waals surface area contributed by atoms with Gasteiger partial charge in [-0.3, -0.25) is 0 Å². The molecule has 1 aliphatic carbocycles. The summed E-state index contributed by atoms with van der Waals surface area (Å²) in [7, 11) is 0. The fourth-order valence-corrected chi connectivity index (χ4v) is 2.38. The van der Waals surface area contributed by atoms with E-state index in [4.69, 9.17) is 0 Å². The molecule has 0 amide bonds. The summed E-state index contributed by atoms with van der Waals surface area (Å²) in [6.07, 6.45) is 2.41. The summed E-state index contributed by atoms with van der Waals surface area (Å²) in [4.78, 5) is 0. The topological polar surface area (TPSA) is 0 Å². The van der Waals surface area contributed by atoms with Crippen molar-refractivity contribution in [1.29, 1.82) is 0 Å². The van der Waals surface area contributed by atoms with E-state index >= 15 is 0 Å². The third-order valence-corrected chi connectivity index (χ3v) is 3.13. The van der Waals surface area contributed by atoms with Crippen LogP contribution >= 0.6 is 0 Å². The Morgan fingerprint density at radius 1 is 0.800 bits per heavy atom. The first-order chi connectivity index (χ1) is 7.40. The Morgan fingerprint density at radius 2 is 1.47 bits per heavy atom. The van der Waals surface area contributed by atoms with Crippen molar-refractivity contribution < 1.29 is 0 Å². The number of rotatable bonds is 2. The molecule has 0 atom stereocenters. The van der Waals surface area contributed by atoms with Crippen LogP contribution in [0.3, 0.4) is 0 Å². The lowest BCUT2D eigenvalue weighted by atomic mass is 9.79. The molecule has 3 rings (SSSR count). The van der Waals surface area contributed by atoms with Gasteiger partial charge in [0.15, 0.2) is 0 Å². The molecule has 0 bridgehead atoms. The van der Waals surface area contributed by atoms with Crippen molar-refractivity contribution in [3.63, 3.8) is 0 Å². The van der Waals surface area contributed by atoms with Gasteiger partial charge in [0.25, 0.3) is 0 Å². The summed E-state index contributed by atoms with van der Waals surface area (Å²) in [5.41, 5.74) is 7.16. The van der Waals surface area contributed by atoms with Crippen LogP contribution in [0.15, 0.2) is 42.5 Å². The average molecular weight is 194 g/mol. The van der Waals surface area contributed by atoms with Gasteiger partial charge in [0.1, 0.15) is 0 Å². The van der Waals surface area contributed by atoms with Gasteiger partial charge in [-0.1, -0.05) is 55.8 Å². The fourth-order valence-electron chi connectivity index (χ4n) is 2.38. The molecule has 0 heterocycles. The SMILES string of the molecule is CCCc1ccc2c(c1)-c1ccccc1-2. The minimum atomic E-state index is 1.19. The van der Waals surface area contributed by atoms with Crippen LogP contribution in [0.1, 0.15) is 18.9 Å². The Kier molecular flexibility index (Phi) is 1.88. The van der Waals surface area contributed by atoms with Gasteiger partial charge in [-0.15, -0.1) is 0 Å². The maximum Gasteiger partial charge on any atom is -0.00962 e. The number of hydrogen-bond donors (Lipinski definition) is 0. The molecule has 2 aromatic carbocycles.